The average molecular weight is 254 g/mol. The minimum absolute atomic E-state index is 0.0930. The number of aromatic nitrogens is 1. The van der Waals surface area contributed by atoms with Crippen LogP contribution in [0.25, 0.3) is 11.8 Å². The lowest BCUT2D eigenvalue weighted by atomic mass is 10.2. The number of nitrogens with zero attached hydrogens (tertiary/aromatic N) is 1. The van der Waals surface area contributed by atoms with Gasteiger partial charge in [-0.05, 0) is 43.7 Å². The van der Waals surface area contributed by atoms with Gasteiger partial charge in [-0.15, -0.1) is 0 Å². The zero-order valence-corrected chi connectivity index (χ0v) is 11.5. The van der Waals surface area contributed by atoms with E-state index < -0.39 is 0 Å². The summed E-state index contributed by atoms with van der Waals surface area (Å²) in [6, 6.07) is 12.3. The molecule has 1 aromatic heterocycles. The topological polar surface area (TPSA) is 34.0 Å². The van der Waals surface area contributed by atoms with Crippen molar-refractivity contribution in [3.8, 4) is 5.69 Å². The number of amides is 1. The van der Waals surface area contributed by atoms with Gasteiger partial charge in [0.05, 0.1) is 0 Å². The van der Waals surface area contributed by atoms with Gasteiger partial charge >= 0.3 is 0 Å². The number of nitrogens with one attached hydrogen (secondary N) is 1. The fraction of sp³-hybridized carbons (Fsp3) is 0.188. The first-order chi connectivity index (χ1) is 9.13. The van der Waals surface area contributed by atoms with Gasteiger partial charge in [0.25, 0.3) is 0 Å². The second-order valence-electron chi connectivity index (χ2n) is 4.45. The molecule has 1 N–H and O–H groups in total. The van der Waals surface area contributed by atoms with Crippen molar-refractivity contribution in [2.45, 2.75) is 13.8 Å². The molecule has 0 atom stereocenters. The summed E-state index contributed by atoms with van der Waals surface area (Å²) in [5.74, 6) is -0.0930. The molecule has 1 aromatic carbocycles. The average Bonchev–Trinajstić information content (AvgIpc) is 2.71. The fourth-order valence-corrected chi connectivity index (χ4v) is 2.18. The van der Waals surface area contributed by atoms with Gasteiger partial charge in [-0.25, -0.2) is 0 Å². The molecule has 0 aliphatic carbocycles. The molecule has 0 unspecified atom stereocenters. The number of carbonyl (C=O) groups is 1. The maximum absolute atomic E-state index is 11.3. The van der Waals surface area contributed by atoms with Crippen LogP contribution in [0.5, 0.6) is 0 Å². The Morgan fingerprint density at radius 3 is 2.53 bits per heavy atom. The van der Waals surface area contributed by atoms with Crippen LogP contribution in [0.1, 0.15) is 17.0 Å². The predicted molar refractivity (Wildman–Crippen MR) is 78.3 cm³/mol. The van der Waals surface area contributed by atoms with Crippen LogP contribution in [-0.2, 0) is 4.79 Å². The van der Waals surface area contributed by atoms with Gasteiger partial charge in [0.2, 0.25) is 5.91 Å². The third-order valence-corrected chi connectivity index (χ3v) is 3.15. The summed E-state index contributed by atoms with van der Waals surface area (Å²) in [5, 5.41) is 2.58. The van der Waals surface area contributed by atoms with Crippen molar-refractivity contribution in [2.75, 3.05) is 7.05 Å². The Bertz CT molecular complexity index is 609. The number of carbonyl (C=O) groups excluding carboxylic acids is 1. The summed E-state index contributed by atoms with van der Waals surface area (Å²) in [6.07, 6.45) is 3.40. The lowest BCUT2D eigenvalue weighted by Crippen LogP contribution is -2.13. The highest BCUT2D eigenvalue weighted by molar-refractivity contribution is 5.91. The van der Waals surface area contributed by atoms with Gasteiger partial charge in [0.15, 0.2) is 0 Å². The Labute approximate surface area is 113 Å². The molecule has 19 heavy (non-hydrogen) atoms. The molecule has 2 rings (SSSR count). The fourth-order valence-electron chi connectivity index (χ4n) is 2.18. The van der Waals surface area contributed by atoms with Crippen molar-refractivity contribution in [1.82, 2.24) is 9.88 Å². The molecule has 0 fully saturated rings. The van der Waals surface area contributed by atoms with Crippen molar-refractivity contribution >= 4 is 12.0 Å². The van der Waals surface area contributed by atoms with Gasteiger partial charge in [-0.3, -0.25) is 4.79 Å². The summed E-state index contributed by atoms with van der Waals surface area (Å²) in [5.41, 5.74) is 4.48. The Morgan fingerprint density at radius 1 is 1.21 bits per heavy atom. The zero-order chi connectivity index (χ0) is 13.8. The Balaban J connectivity index is 2.41. The lowest BCUT2D eigenvalue weighted by Gasteiger charge is -2.09. The highest BCUT2D eigenvalue weighted by Crippen LogP contribution is 2.21. The van der Waals surface area contributed by atoms with Gasteiger partial charge in [-0.1, -0.05) is 18.2 Å². The van der Waals surface area contributed by atoms with E-state index in [1.165, 1.54) is 0 Å². The van der Waals surface area contributed by atoms with E-state index in [2.05, 4.69) is 41.9 Å². The molecular weight excluding hydrogens is 236 g/mol. The molecule has 0 radical (unpaired) electrons. The van der Waals surface area contributed by atoms with Gasteiger partial charge in [-0.2, -0.15) is 0 Å². The zero-order valence-electron chi connectivity index (χ0n) is 11.5. The largest absolute Gasteiger partial charge is 0.356 e. The molecule has 0 spiro atoms. The Morgan fingerprint density at radius 2 is 1.89 bits per heavy atom. The van der Waals surface area contributed by atoms with E-state index in [1.807, 2.05) is 24.3 Å². The van der Waals surface area contributed by atoms with Crippen LogP contribution in [0.15, 0.2) is 42.5 Å². The molecule has 1 heterocycles. The van der Waals surface area contributed by atoms with E-state index in [0.717, 1.165) is 22.6 Å². The molecule has 0 aliphatic heterocycles. The summed E-state index contributed by atoms with van der Waals surface area (Å²) in [7, 11) is 1.62. The minimum Gasteiger partial charge on any atom is -0.356 e. The van der Waals surface area contributed by atoms with Crippen molar-refractivity contribution < 1.29 is 4.79 Å². The number of hydrogen-bond acceptors (Lipinski definition) is 1. The van der Waals surface area contributed by atoms with Gasteiger partial charge < -0.3 is 9.88 Å². The van der Waals surface area contributed by atoms with Gasteiger partial charge in [0.1, 0.15) is 0 Å². The molecule has 0 bridgehead atoms. The van der Waals surface area contributed by atoms with Crippen LogP contribution < -0.4 is 5.32 Å². The first kappa shape index (κ1) is 13.1. The lowest BCUT2D eigenvalue weighted by molar-refractivity contribution is -0.115. The van der Waals surface area contributed by atoms with Gasteiger partial charge in [0, 0.05) is 30.2 Å². The SMILES string of the molecule is CNC(=O)/C=C/c1cc(C)n(-c2ccccc2)c1C. The van der Waals surface area contributed by atoms with Crippen molar-refractivity contribution in [1.29, 1.82) is 0 Å². The number of rotatable bonds is 3. The number of hydrogen-bond donors (Lipinski definition) is 1. The van der Waals surface area contributed by atoms with E-state index >= 15 is 0 Å². The normalized spacial score (nSPS) is 10.9. The molecule has 1 amide bonds. The molecule has 0 saturated heterocycles. The molecule has 2 aromatic rings. The number of para-hydroxylation sites is 1. The van der Waals surface area contributed by atoms with E-state index in [1.54, 1.807) is 13.1 Å². The Kier molecular flexibility index (Phi) is 3.85. The summed E-state index contributed by atoms with van der Waals surface area (Å²) < 4.78 is 2.18. The number of aryl methyl sites for hydroxylation is 1. The second kappa shape index (κ2) is 5.57. The predicted octanol–water partition coefficient (Wildman–Crippen LogP) is 2.85. The molecule has 3 nitrogen and oxygen atoms in total. The highest BCUT2D eigenvalue weighted by atomic mass is 16.1. The van der Waals surface area contributed by atoms with Crippen LogP contribution in [0.4, 0.5) is 0 Å². The van der Waals surface area contributed by atoms with E-state index in [-0.39, 0.29) is 5.91 Å². The smallest absolute Gasteiger partial charge is 0.243 e. The summed E-state index contributed by atoms with van der Waals surface area (Å²) in [4.78, 5) is 11.3. The van der Waals surface area contributed by atoms with Crippen LogP contribution in [0, 0.1) is 13.8 Å². The standard InChI is InChI=1S/C16H18N2O/c1-12-11-14(9-10-16(19)17-3)13(2)18(12)15-7-5-4-6-8-15/h4-11H,1-3H3,(H,17,19)/b10-9+. The molecule has 3 heteroatoms. The van der Waals surface area contributed by atoms with E-state index in [0.29, 0.717) is 0 Å². The van der Waals surface area contributed by atoms with E-state index in [4.69, 9.17) is 0 Å². The van der Waals surface area contributed by atoms with Crippen molar-refractivity contribution in [3.05, 3.63) is 59.4 Å². The number of likely N-dealkylation sites (N-methyl/N-ethyl adjacent to an activating group) is 1. The highest BCUT2D eigenvalue weighted by Gasteiger charge is 2.08. The molecule has 0 aliphatic rings. The van der Waals surface area contributed by atoms with Crippen LogP contribution in [-0.4, -0.2) is 17.5 Å². The van der Waals surface area contributed by atoms with Crippen molar-refractivity contribution in [2.24, 2.45) is 0 Å². The third kappa shape index (κ3) is 2.76. The van der Waals surface area contributed by atoms with E-state index in [9.17, 15) is 4.79 Å². The van der Waals surface area contributed by atoms with Crippen LogP contribution in [0.3, 0.4) is 0 Å². The van der Waals surface area contributed by atoms with Crippen LogP contribution >= 0.6 is 0 Å². The van der Waals surface area contributed by atoms with Crippen molar-refractivity contribution in [3.63, 3.8) is 0 Å². The number of benzene rings is 1. The first-order valence-electron chi connectivity index (χ1n) is 6.27. The molecular formula is C16H18N2O. The third-order valence-electron chi connectivity index (χ3n) is 3.15. The van der Waals surface area contributed by atoms with Crippen LogP contribution in [0.2, 0.25) is 0 Å². The monoisotopic (exact) mass is 254 g/mol. The molecule has 0 saturated carbocycles. The minimum atomic E-state index is -0.0930. The Hall–Kier alpha value is -2.29. The maximum atomic E-state index is 11.3. The second-order valence-corrected chi connectivity index (χ2v) is 4.45. The first-order valence-corrected chi connectivity index (χ1v) is 6.27. The quantitative estimate of drug-likeness (QED) is 0.840. The summed E-state index contributed by atoms with van der Waals surface area (Å²) in [6.45, 7) is 4.13. The summed E-state index contributed by atoms with van der Waals surface area (Å²) >= 11 is 0. The maximum Gasteiger partial charge on any atom is 0.243 e. The molecule has 98 valence electrons.